The lowest BCUT2D eigenvalue weighted by Gasteiger charge is -2.20. The average Bonchev–Trinajstić information content (AvgIpc) is 3.42. The van der Waals surface area contributed by atoms with Crippen molar-refractivity contribution in [3.63, 3.8) is 0 Å². The van der Waals surface area contributed by atoms with E-state index in [1.54, 1.807) is 6.08 Å². The van der Waals surface area contributed by atoms with Crippen molar-refractivity contribution < 1.29 is 24.5 Å². The minimum absolute atomic E-state index is 0.0118. The van der Waals surface area contributed by atoms with Gasteiger partial charge in [-0.05, 0) is 57.8 Å². The first kappa shape index (κ1) is 74.3. The van der Waals surface area contributed by atoms with Crippen LogP contribution in [0.5, 0.6) is 0 Å². The molecule has 0 aliphatic heterocycles. The second-order valence-electron chi connectivity index (χ2n) is 23.9. The van der Waals surface area contributed by atoms with Crippen LogP contribution >= 0.6 is 0 Å². The van der Waals surface area contributed by atoms with Crippen molar-refractivity contribution in [2.75, 3.05) is 13.2 Å². The summed E-state index contributed by atoms with van der Waals surface area (Å²) >= 11 is 0. The Morgan fingerprint density at radius 3 is 0.934 bits per heavy atom. The van der Waals surface area contributed by atoms with Gasteiger partial charge < -0.3 is 20.3 Å². The van der Waals surface area contributed by atoms with Crippen LogP contribution in [0.25, 0.3) is 0 Å². The van der Waals surface area contributed by atoms with E-state index in [1.807, 2.05) is 6.08 Å². The number of nitrogens with one attached hydrogen (secondary N) is 1. The first-order valence-corrected chi connectivity index (χ1v) is 34.6. The van der Waals surface area contributed by atoms with Gasteiger partial charge in [-0.15, -0.1) is 0 Å². The van der Waals surface area contributed by atoms with Gasteiger partial charge in [0.05, 0.1) is 25.4 Å². The highest BCUT2D eigenvalue weighted by molar-refractivity contribution is 5.76. The molecule has 2 atom stereocenters. The summed E-state index contributed by atoms with van der Waals surface area (Å²) < 4.78 is 5.51. The third kappa shape index (κ3) is 61.6. The number of rotatable bonds is 65. The van der Waals surface area contributed by atoms with Gasteiger partial charge in [-0.3, -0.25) is 9.59 Å². The molecule has 3 N–H and O–H groups in total. The van der Waals surface area contributed by atoms with E-state index in [0.717, 1.165) is 44.9 Å². The van der Waals surface area contributed by atoms with Crippen molar-refractivity contribution in [3.05, 3.63) is 24.3 Å². The van der Waals surface area contributed by atoms with Crippen LogP contribution in [-0.2, 0) is 14.3 Å². The van der Waals surface area contributed by atoms with Crippen LogP contribution < -0.4 is 5.32 Å². The quantitative estimate of drug-likeness (QED) is 0.0320. The SMILES string of the molecule is CCCCCCCC/C=C\CCCCCCCCCCCC(=O)OCCCCCCCCCCCCCCCCCCCCCCCC(=O)NC(CO)C(O)/C=C/CCCCCCCCCCCCCCCCCCC. The fraction of sp³-hybridized carbons (Fsp3) is 0.914. The highest BCUT2D eigenvalue weighted by Gasteiger charge is 2.18. The largest absolute Gasteiger partial charge is 0.466 e. The summed E-state index contributed by atoms with van der Waals surface area (Å²) in [5.41, 5.74) is 0. The Morgan fingerprint density at radius 1 is 0.355 bits per heavy atom. The van der Waals surface area contributed by atoms with Crippen molar-refractivity contribution in [3.8, 4) is 0 Å². The number of carbonyl (C=O) groups excluding carboxylic acids is 2. The number of aliphatic hydroxyl groups excluding tert-OH is 2. The number of hydrogen-bond acceptors (Lipinski definition) is 5. The molecule has 6 heteroatoms. The molecule has 0 saturated heterocycles. The number of hydrogen-bond donors (Lipinski definition) is 3. The standard InChI is InChI=1S/C70H135NO5/c1-3-5-7-9-11-13-15-17-19-21-26-30-34-38-42-46-50-54-58-62-68(73)67(66-72)71-69(74)63-59-55-51-47-43-39-35-31-28-24-23-25-29-33-37-41-45-49-53-57-61-65-76-70(75)64-60-56-52-48-44-40-36-32-27-22-20-18-16-14-12-10-8-6-4-2/h18,20,58,62,67-68,72-73H,3-17,19,21-57,59-61,63-66H2,1-2H3,(H,71,74)/b20-18-,62-58+. The Balaban J connectivity index is 3.39. The second-order valence-corrected chi connectivity index (χ2v) is 23.9. The molecule has 1 amide bonds. The monoisotopic (exact) mass is 1070 g/mol. The van der Waals surface area contributed by atoms with Gasteiger partial charge in [0.1, 0.15) is 0 Å². The van der Waals surface area contributed by atoms with Crippen LogP contribution in [0.2, 0.25) is 0 Å². The lowest BCUT2D eigenvalue weighted by atomic mass is 10.0. The van der Waals surface area contributed by atoms with Gasteiger partial charge in [0.15, 0.2) is 0 Å². The molecule has 0 spiro atoms. The lowest BCUT2D eigenvalue weighted by molar-refractivity contribution is -0.143. The van der Waals surface area contributed by atoms with E-state index in [2.05, 4.69) is 31.3 Å². The maximum atomic E-state index is 12.5. The summed E-state index contributed by atoms with van der Waals surface area (Å²) in [6.07, 6.45) is 82.4. The van der Waals surface area contributed by atoms with Crippen molar-refractivity contribution in [1.29, 1.82) is 0 Å². The molecule has 0 rings (SSSR count). The molecule has 0 aromatic carbocycles. The van der Waals surface area contributed by atoms with Crippen LogP contribution in [-0.4, -0.2) is 47.4 Å². The van der Waals surface area contributed by atoms with Crippen LogP contribution in [0.4, 0.5) is 0 Å². The zero-order valence-electron chi connectivity index (χ0n) is 51.5. The number of aliphatic hydroxyl groups is 2. The number of amides is 1. The molecular weight excluding hydrogens is 935 g/mol. The highest BCUT2D eigenvalue weighted by atomic mass is 16.5. The molecule has 450 valence electrons. The summed E-state index contributed by atoms with van der Waals surface area (Å²) in [4.78, 5) is 24.6. The van der Waals surface area contributed by atoms with Gasteiger partial charge in [0.2, 0.25) is 5.91 Å². The first-order valence-electron chi connectivity index (χ1n) is 34.6. The minimum atomic E-state index is -0.846. The molecule has 0 bridgehead atoms. The maximum Gasteiger partial charge on any atom is 0.305 e. The zero-order valence-corrected chi connectivity index (χ0v) is 51.5. The molecule has 0 radical (unpaired) electrons. The molecule has 76 heavy (non-hydrogen) atoms. The third-order valence-electron chi connectivity index (χ3n) is 16.2. The smallest absolute Gasteiger partial charge is 0.305 e. The predicted molar refractivity (Wildman–Crippen MR) is 333 cm³/mol. The topological polar surface area (TPSA) is 95.9 Å². The van der Waals surface area contributed by atoms with Gasteiger partial charge in [0, 0.05) is 12.8 Å². The van der Waals surface area contributed by atoms with Crippen LogP contribution in [0.1, 0.15) is 386 Å². The normalized spacial score (nSPS) is 12.6. The minimum Gasteiger partial charge on any atom is -0.466 e. The number of carbonyl (C=O) groups is 2. The second kappa shape index (κ2) is 65.9. The Kier molecular flexibility index (Phi) is 64.4. The van der Waals surface area contributed by atoms with Crippen molar-refractivity contribution in [1.82, 2.24) is 5.32 Å². The molecule has 0 saturated carbocycles. The van der Waals surface area contributed by atoms with Gasteiger partial charge in [0.25, 0.3) is 0 Å². The fourth-order valence-electron chi connectivity index (χ4n) is 10.9. The highest BCUT2D eigenvalue weighted by Crippen LogP contribution is 2.18. The average molecular weight is 1070 g/mol. The van der Waals surface area contributed by atoms with E-state index in [9.17, 15) is 19.8 Å². The number of unbranched alkanes of at least 4 members (excludes halogenated alkanes) is 52. The number of ether oxygens (including phenoxy) is 1. The van der Waals surface area contributed by atoms with Gasteiger partial charge in [-0.2, -0.15) is 0 Å². The van der Waals surface area contributed by atoms with Crippen molar-refractivity contribution in [2.24, 2.45) is 0 Å². The Labute approximate surface area is 475 Å². The van der Waals surface area contributed by atoms with Crippen LogP contribution in [0, 0.1) is 0 Å². The fourth-order valence-corrected chi connectivity index (χ4v) is 10.9. The maximum absolute atomic E-state index is 12.5. The van der Waals surface area contributed by atoms with E-state index in [1.165, 1.54) is 315 Å². The summed E-state index contributed by atoms with van der Waals surface area (Å²) in [5, 5.41) is 23.2. The zero-order chi connectivity index (χ0) is 55.0. The van der Waals surface area contributed by atoms with Crippen LogP contribution in [0.15, 0.2) is 24.3 Å². The van der Waals surface area contributed by atoms with E-state index in [0.29, 0.717) is 19.4 Å². The first-order chi connectivity index (χ1) is 37.5. The number of esters is 1. The molecule has 0 fully saturated rings. The molecule has 6 nitrogen and oxygen atoms in total. The molecule has 2 unspecified atom stereocenters. The van der Waals surface area contributed by atoms with E-state index >= 15 is 0 Å². The Hall–Kier alpha value is -1.66. The third-order valence-corrected chi connectivity index (χ3v) is 16.2. The van der Waals surface area contributed by atoms with Crippen molar-refractivity contribution in [2.45, 2.75) is 398 Å². The summed E-state index contributed by atoms with van der Waals surface area (Å²) in [6, 6.07) is -0.629. The van der Waals surface area contributed by atoms with Crippen LogP contribution in [0.3, 0.4) is 0 Å². The van der Waals surface area contributed by atoms with E-state index in [4.69, 9.17) is 4.74 Å². The number of allylic oxidation sites excluding steroid dienone is 3. The summed E-state index contributed by atoms with van der Waals surface area (Å²) in [7, 11) is 0. The molecule has 0 aromatic heterocycles. The lowest BCUT2D eigenvalue weighted by Crippen LogP contribution is -2.45. The van der Waals surface area contributed by atoms with Gasteiger partial charge in [-0.1, -0.05) is 340 Å². The predicted octanol–water partition coefficient (Wildman–Crippen LogP) is 22.1. The molecular formula is C70H135NO5. The summed E-state index contributed by atoms with van der Waals surface area (Å²) in [6.45, 7) is 4.93. The van der Waals surface area contributed by atoms with Gasteiger partial charge in [-0.25, -0.2) is 0 Å². The molecule has 0 aromatic rings. The molecule has 0 aliphatic carbocycles. The Bertz CT molecular complexity index is 1190. The molecule has 0 aliphatic rings. The van der Waals surface area contributed by atoms with Crippen molar-refractivity contribution >= 4 is 11.9 Å². The van der Waals surface area contributed by atoms with E-state index in [-0.39, 0.29) is 18.5 Å². The van der Waals surface area contributed by atoms with E-state index < -0.39 is 12.1 Å². The van der Waals surface area contributed by atoms with Gasteiger partial charge >= 0.3 is 5.97 Å². The Morgan fingerprint density at radius 2 is 0.618 bits per heavy atom. The molecule has 0 heterocycles. The summed E-state index contributed by atoms with van der Waals surface area (Å²) in [5.74, 6) is -0.0536.